The van der Waals surface area contributed by atoms with Crippen molar-refractivity contribution in [3.8, 4) is 0 Å². The zero-order chi connectivity index (χ0) is 19.5. The molecule has 0 aliphatic rings. The molecule has 0 aromatic heterocycles. The van der Waals surface area contributed by atoms with Crippen LogP contribution in [0, 0.1) is 20.8 Å². The topological polar surface area (TPSA) is 78.5 Å². The lowest BCUT2D eigenvalue weighted by molar-refractivity contribution is -0.114. The van der Waals surface area contributed by atoms with E-state index in [1.54, 1.807) is 19.1 Å². The highest BCUT2D eigenvalue weighted by Crippen LogP contribution is 2.22. The maximum atomic E-state index is 12.4. The molecule has 7 heteroatoms. The average molecular weight is 375 g/mol. The monoisotopic (exact) mass is 375 g/mol. The van der Waals surface area contributed by atoms with Crippen LogP contribution in [-0.2, 0) is 14.8 Å². The zero-order valence-electron chi connectivity index (χ0n) is 15.8. The van der Waals surface area contributed by atoms with Gasteiger partial charge in [-0.05, 0) is 61.7 Å². The first kappa shape index (κ1) is 19.9. The van der Waals surface area contributed by atoms with Gasteiger partial charge >= 0.3 is 0 Å². The van der Waals surface area contributed by atoms with Gasteiger partial charge in [-0.2, -0.15) is 0 Å². The number of rotatable bonds is 6. The number of nitrogens with zero attached hydrogens (tertiary/aromatic N) is 1. The van der Waals surface area contributed by atoms with Gasteiger partial charge in [-0.1, -0.05) is 12.1 Å². The summed E-state index contributed by atoms with van der Waals surface area (Å²) in [4.78, 5) is 12.4. The minimum absolute atomic E-state index is 0.0898. The van der Waals surface area contributed by atoms with E-state index < -0.39 is 10.0 Å². The van der Waals surface area contributed by atoms with Crippen LogP contribution < -0.4 is 10.6 Å². The standard InChI is InChI=1S/C19H25N3O3S/c1-13-8-14(2)10-17(9-13)20-12-19(23)21-16-7-6-15(3)18(11-16)26(24,25)22(4)5/h6-11,20H,12H2,1-5H3,(H,21,23). The van der Waals surface area contributed by atoms with Crippen LogP contribution >= 0.6 is 0 Å². The van der Waals surface area contributed by atoms with Crippen LogP contribution in [0.3, 0.4) is 0 Å². The largest absolute Gasteiger partial charge is 0.376 e. The molecule has 0 saturated carbocycles. The fourth-order valence-corrected chi connectivity index (χ4v) is 3.76. The van der Waals surface area contributed by atoms with E-state index in [-0.39, 0.29) is 17.3 Å². The molecular formula is C19H25N3O3S. The van der Waals surface area contributed by atoms with Gasteiger partial charge in [0.25, 0.3) is 0 Å². The summed E-state index contributed by atoms with van der Waals surface area (Å²) >= 11 is 0. The van der Waals surface area contributed by atoms with Gasteiger partial charge in [0.05, 0.1) is 11.4 Å². The van der Waals surface area contributed by atoms with Gasteiger partial charge in [0.1, 0.15) is 0 Å². The molecule has 0 unspecified atom stereocenters. The van der Waals surface area contributed by atoms with Crippen LogP contribution in [0.4, 0.5) is 11.4 Å². The number of amides is 1. The van der Waals surface area contributed by atoms with Gasteiger partial charge < -0.3 is 10.6 Å². The summed E-state index contributed by atoms with van der Waals surface area (Å²) < 4.78 is 25.9. The molecule has 0 heterocycles. The molecule has 0 bridgehead atoms. The average Bonchev–Trinajstić information content (AvgIpc) is 2.53. The number of carbonyl (C=O) groups is 1. The van der Waals surface area contributed by atoms with Crippen molar-refractivity contribution in [2.75, 3.05) is 31.3 Å². The highest BCUT2D eigenvalue weighted by Gasteiger charge is 2.20. The van der Waals surface area contributed by atoms with E-state index in [0.29, 0.717) is 11.3 Å². The SMILES string of the molecule is Cc1cc(C)cc(NCC(=O)Nc2ccc(C)c(S(=O)(=O)N(C)C)c2)c1. The molecule has 0 spiro atoms. The lowest BCUT2D eigenvalue weighted by Crippen LogP contribution is -2.24. The minimum atomic E-state index is -3.56. The molecule has 1 amide bonds. The van der Waals surface area contributed by atoms with E-state index in [1.165, 1.54) is 20.2 Å². The molecule has 0 fully saturated rings. The molecule has 140 valence electrons. The van der Waals surface area contributed by atoms with Gasteiger partial charge in [0, 0.05) is 25.5 Å². The number of sulfonamides is 1. The molecule has 2 rings (SSSR count). The van der Waals surface area contributed by atoms with Crippen LogP contribution in [0.2, 0.25) is 0 Å². The molecule has 0 aliphatic carbocycles. The van der Waals surface area contributed by atoms with Crippen molar-refractivity contribution in [3.63, 3.8) is 0 Å². The van der Waals surface area contributed by atoms with Crippen molar-refractivity contribution < 1.29 is 13.2 Å². The number of benzene rings is 2. The van der Waals surface area contributed by atoms with Gasteiger partial charge in [-0.15, -0.1) is 0 Å². The van der Waals surface area contributed by atoms with Crippen LogP contribution in [0.15, 0.2) is 41.3 Å². The first-order valence-electron chi connectivity index (χ1n) is 8.25. The molecule has 2 aromatic carbocycles. The summed E-state index contributed by atoms with van der Waals surface area (Å²) in [5, 5.41) is 5.82. The Morgan fingerprint density at radius 2 is 1.58 bits per heavy atom. The number of anilines is 2. The second-order valence-electron chi connectivity index (χ2n) is 6.55. The van der Waals surface area contributed by atoms with Crippen molar-refractivity contribution in [1.82, 2.24) is 4.31 Å². The van der Waals surface area contributed by atoms with E-state index in [9.17, 15) is 13.2 Å². The van der Waals surface area contributed by atoms with Crippen molar-refractivity contribution in [2.24, 2.45) is 0 Å². The Morgan fingerprint density at radius 1 is 0.962 bits per heavy atom. The smallest absolute Gasteiger partial charge is 0.243 e. The summed E-state index contributed by atoms with van der Waals surface area (Å²) in [5.74, 6) is -0.249. The van der Waals surface area contributed by atoms with Crippen molar-refractivity contribution >= 4 is 27.3 Å². The summed E-state index contributed by atoms with van der Waals surface area (Å²) in [6.07, 6.45) is 0. The molecule has 0 atom stereocenters. The zero-order valence-corrected chi connectivity index (χ0v) is 16.6. The fourth-order valence-electron chi connectivity index (χ4n) is 2.62. The number of nitrogens with one attached hydrogen (secondary N) is 2. The third-order valence-electron chi connectivity index (χ3n) is 3.91. The molecule has 2 aromatic rings. The van der Waals surface area contributed by atoms with E-state index in [2.05, 4.69) is 16.7 Å². The van der Waals surface area contributed by atoms with Crippen molar-refractivity contribution in [2.45, 2.75) is 25.7 Å². The molecule has 0 saturated heterocycles. The van der Waals surface area contributed by atoms with E-state index in [4.69, 9.17) is 0 Å². The maximum Gasteiger partial charge on any atom is 0.243 e. The molecule has 2 N–H and O–H groups in total. The van der Waals surface area contributed by atoms with Gasteiger partial charge in [0.2, 0.25) is 15.9 Å². The van der Waals surface area contributed by atoms with E-state index in [1.807, 2.05) is 26.0 Å². The quantitative estimate of drug-likeness (QED) is 0.814. The van der Waals surface area contributed by atoms with Crippen LogP contribution in [0.1, 0.15) is 16.7 Å². The summed E-state index contributed by atoms with van der Waals surface area (Å²) in [7, 11) is -0.604. The Balaban J connectivity index is 2.10. The van der Waals surface area contributed by atoms with Crippen LogP contribution in [0.5, 0.6) is 0 Å². The Bertz CT molecular complexity index is 901. The molecule has 26 heavy (non-hydrogen) atoms. The summed E-state index contributed by atoms with van der Waals surface area (Å²) in [5.41, 5.74) is 4.18. The van der Waals surface area contributed by atoms with Gasteiger partial charge in [0.15, 0.2) is 0 Å². The fraction of sp³-hybridized carbons (Fsp3) is 0.316. The number of hydrogen-bond acceptors (Lipinski definition) is 4. The Labute approximate surface area is 155 Å². The predicted octanol–water partition coefficient (Wildman–Crippen LogP) is 2.91. The molecule has 6 nitrogen and oxygen atoms in total. The predicted molar refractivity (Wildman–Crippen MR) is 105 cm³/mol. The third kappa shape index (κ3) is 4.83. The number of aryl methyl sites for hydroxylation is 3. The summed E-state index contributed by atoms with van der Waals surface area (Å²) in [6.45, 7) is 5.81. The van der Waals surface area contributed by atoms with Crippen LogP contribution in [0.25, 0.3) is 0 Å². The molecular weight excluding hydrogens is 350 g/mol. The normalized spacial score (nSPS) is 11.5. The third-order valence-corrected chi connectivity index (χ3v) is 5.86. The van der Waals surface area contributed by atoms with Crippen molar-refractivity contribution in [3.05, 3.63) is 53.1 Å². The van der Waals surface area contributed by atoms with Gasteiger partial charge in [-0.25, -0.2) is 12.7 Å². The van der Waals surface area contributed by atoms with Gasteiger partial charge in [-0.3, -0.25) is 4.79 Å². The minimum Gasteiger partial charge on any atom is -0.376 e. The number of carbonyl (C=O) groups excluding carboxylic acids is 1. The maximum absolute atomic E-state index is 12.4. The molecule has 0 radical (unpaired) electrons. The first-order valence-corrected chi connectivity index (χ1v) is 9.69. The van der Waals surface area contributed by atoms with E-state index >= 15 is 0 Å². The lowest BCUT2D eigenvalue weighted by atomic mass is 10.1. The summed E-state index contributed by atoms with van der Waals surface area (Å²) in [6, 6.07) is 10.9. The van der Waals surface area contributed by atoms with Crippen molar-refractivity contribution in [1.29, 1.82) is 0 Å². The number of hydrogen-bond donors (Lipinski definition) is 2. The Kier molecular flexibility index (Phi) is 6.05. The Hall–Kier alpha value is -2.38. The second kappa shape index (κ2) is 7.88. The molecule has 0 aliphatic heterocycles. The van der Waals surface area contributed by atoms with E-state index in [0.717, 1.165) is 21.1 Å². The highest BCUT2D eigenvalue weighted by molar-refractivity contribution is 7.89. The first-order chi connectivity index (χ1) is 12.1. The van der Waals surface area contributed by atoms with Crippen LogP contribution in [-0.4, -0.2) is 39.3 Å². The lowest BCUT2D eigenvalue weighted by Gasteiger charge is -2.15. The Morgan fingerprint density at radius 3 is 2.15 bits per heavy atom. The highest BCUT2D eigenvalue weighted by atomic mass is 32.2. The second-order valence-corrected chi connectivity index (χ2v) is 8.67.